The molecule has 7 heteroatoms. The van der Waals surface area contributed by atoms with Crippen LogP contribution in [-0.2, 0) is 11.3 Å². The van der Waals surface area contributed by atoms with Gasteiger partial charge < -0.3 is 19.8 Å². The van der Waals surface area contributed by atoms with E-state index in [-0.39, 0.29) is 12.1 Å². The number of furan rings is 1. The van der Waals surface area contributed by atoms with Gasteiger partial charge in [-0.15, -0.1) is 11.3 Å². The number of aryl methyl sites for hydroxylation is 2. The van der Waals surface area contributed by atoms with Gasteiger partial charge in [0.1, 0.15) is 11.8 Å². The van der Waals surface area contributed by atoms with Crippen molar-refractivity contribution in [3.05, 3.63) is 39.7 Å². The SMILES string of the molecule is COC[C@@H](NC(=O)NCc1sc(C)nc1C)c1ccco1. The van der Waals surface area contributed by atoms with E-state index in [0.29, 0.717) is 18.9 Å². The highest BCUT2D eigenvalue weighted by atomic mass is 32.1. The first-order valence-corrected chi connectivity index (χ1v) is 7.41. The van der Waals surface area contributed by atoms with Crippen molar-refractivity contribution in [2.24, 2.45) is 0 Å². The number of carbonyl (C=O) groups is 1. The Hall–Kier alpha value is -1.86. The van der Waals surface area contributed by atoms with Crippen molar-refractivity contribution < 1.29 is 13.9 Å². The Kier molecular flexibility index (Phi) is 5.35. The Morgan fingerprint density at radius 3 is 2.90 bits per heavy atom. The number of hydrogen-bond donors (Lipinski definition) is 2. The first-order valence-electron chi connectivity index (χ1n) is 6.59. The van der Waals surface area contributed by atoms with Crippen molar-refractivity contribution in [3.8, 4) is 0 Å². The average molecular weight is 309 g/mol. The number of rotatable bonds is 6. The monoisotopic (exact) mass is 309 g/mol. The summed E-state index contributed by atoms with van der Waals surface area (Å²) in [6.45, 7) is 4.70. The third-order valence-corrected chi connectivity index (χ3v) is 4.01. The minimum atomic E-state index is -0.311. The zero-order chi connectivity index (χ0) is 15.2. The predicted octanol–water partition coefficient (Wildman–Crippen LogP) is 2.54. The second-order valence-corrected chi connectivity index (χ2v) is 5.88. The molecule has 0 aliphatic carbocycles. The molecule has 2 heterocycles. The van der Waals surface area contributed by atoms with Crippen LogP contribution in [0.3, 0.4) is 0 Å². The molecule has 21 heavy (non-hydrogen) atoms. The van der Waals surface area contributed by atoms with Crippen LogP contribution in [0.25, 0.3) is 0 Å². The third kappa shape index (κ3) is 4.30. The van der Waals surface area contributed by atoms with Crippen LogP contribution in [0.4, 0.5) is 4.79 Å². The van der Waals surface area contributed by atoms with Crippen molar-refractivity contribution in [3.63, 3.8) is 0 Å². The molecule has 0 saturated heterocycles. The van der Waals surface area contributed by atoms with Gasteiger partial charge in [0.05, 0.1) is 30.1 Å². The maximum atomic E-state index is 12.0. The molecule has 2 rings (SSSR count). The molecule has 0 aromatic carbocycles. The van der Waals surface area contributed by atoms with Crippen LogP contribution in [0.15, 0.2) is 22.8 Å². The van der Waals surface area contributed by atoms with Crippen molar-refractivity contribution in [1.82, 2.24) is 15.6 Å². The second kappa shape index (κ2) is 7.24. The first-order chi connectivity index (χ1) is 10.1. The number of hydrogen-bond acceptors (Lipinski definition) is 5. The van der Waals surface area contributed by atoms with E-state index in [1.54, 1.807) is 36.8 Å². The topological polar surface area (TPSA) is 76.4 Å². The van der Waals surface area contributed by atoms with Gasteiger partial charge >= 0.3 is 6.03 Å². The fourth-order valence-corrected chi connectivity index (χ4v) is 2.84. The highest BCUT2D eigenvalue weighted by molar-refractivity contribution is 7.11. The van der Waals surface area contributed by atoms with Gasteiger partial charge in [-0.1, -0.05) is 0 Å². The summed E-state index contributed by atoms with van der Waals surface area (Å²) in [5.74, 6) is 0.664. The number of thiazole rings is 1. The van der Waals surface area contributed by atoms with Gasteiger partial charge in [-0.25, -0.2) is 9.78 Å². The summed E-state index contributed by atoms with van der Waals surface area (Å²) in [6, 6.07) is 3.01. The van der Waals surface area contributed by atoms with Crippen LogP contribution in [0, 0.1) is 13.8 Å². The number of nitrogens with one attached hydrogen (secondary N) is 2. The molecule has 0 spiro atoms. The number of amides is 2. The molecule has 0 aliphatic heterocycles. The Morgan fingerprint density at radius 1 is 1.52 bits per heavy atom. The smallest absolute Gasteiger partial charge is 0.315 e. The molecule has 1 atom stereocenters. The van der Waals surface area contributed by atoms with E-state index in [1.165, 1.54) is 0 Å². The van der Waals surface area contributed by atoms with E-state index < -0.39 is 0 Å². The normalized spacial score (nSPS) is 12.1. The third-order valence-electron chi connectivity index (χ3n) is 2.93. The zero-order valence-corrected chi connectivity index (χ0v) is 13.1. The van der Waals surface area contributed by atoms with Crippen LogP contribution in [0.2, 0.25) is 0 Å². The zero-order valence-electron chi connectivity index (χ0n) is 12.3. The number of aromatic nitrogens is 1. The standard InChI is InChI=1S/C14H19N3O3S/c1-9-13(21-10(2)16-9)7-15-14(18)17-11(8-19-3)12-5-4-6-20-12/h4-6,11H,7-8H2,1-3H3,(H2,15,17,18)/t11-/m1/s1. The Bertz CT molecular complexity index is 580. The average Bonchev–Trinajstić information content (AvgIpc) is 3.06. The molecular formula is C14H19N3O3S. The Labute approximate surface area is 127 Å². The maximum Gasteiger partial charge on any atom is 0.315 e. The molecule has 0 unspecified atom stereocenters. The van der Waals surface area contributed by atoms with Gasteiger partial charge in [0.2, 0.25) is 0 Å². The maximum absolute atomic E-state index is 12.0. The molecule has 2 N–H and O–H groups in total. The van der Waals surface area contributed by atoms with Gasteiger partial charge in [0.25, 0.3) is 0 Å². The fraction of sp³-hybridized carbons (Fsp3) is 0.429. The van der Waals surface area contributed by atoms with Crippen molar-refractivity contribution in [2.45, 2.75) is 26.4 Å². The quantitative estimate of drug-likeness (QED) is 0.859. The lowest BCUT2D eigenvalue weighted by Crippen LogP contribution is -2.39. The Balaban J connectivity index is 1.89. The van der Waals surface area contributed by atoms with Gasteiger partial charge in [-0.05, 0) is 26.0 Å². The predicted molar refractivity (Wildman–Crippen MR) is 80.3 cm³/mol. The van der Waals surface area contributed by atoms with Gasteiger partial charge in [0, 0.05) is 12.0 Å². The van der Waals surface area contributed by atoms with E-state index in [4.69, 9.17) is 9.15 Å². The fourth-order valence-electron chi connectivity index (χ4n) is 1.96. The van der Waals surface area contributed by atoms with Gasteiger partial charge in [-0.3, -0.25) is 0 Å². The van der Waals surface area contributed by atoms with E-state index >= 15 is 0 Å². The molecule has 2 aromatic rings. The molecule has 0 aliphatic rings. The van der Waals surface area contributed by atoms with Crippen LogP contribution < -0.4 is 10.6 Å². The molecule has 0 saturated carbocycles. The van der Waals surface area contributed by atoms with E-state index in [0.717, 1.165) is 15.6 Å². The van der Waals surface area contributed by atoms with Crippen LogP contribution in [-0.4, -0.2) is 24.7 Å². The molecule has 0 radical (unpaired) electrons. The van der Waals surface area contributed by atoms with Crippen LogP contribution >= 0.6 is 11.3 Å². The van der Waals surface area contributed by atoms with Crippen molar-refractivity contribution in [1.29, 1.82) is 0 Å². The Morgan fingerprint density at radius 2 is 2.33 bits per heavy atom. The number of carbonyl (C=O) groups excluding carboxylic acids is 1. The summed E-state index contributed by atoms with van der Waals surface area (Å²) >= 11 is 1.59. The number of methoxy groups -OCH3 is 1. The first kappa shape index (κ1) is 15.5. The van der Waals surface area contributed by atoms with Crippen molar-refractivity contribution in [2.75, 3.05) is 13.7 Å². The minimum Gasteiger partial charge on any atom is -0.467 e. The summed E-state index contributed by atoms with van der Waals surface area (Å²) < 4.78 is 10.4. The molecule has 0 fully saturated rings. The largest absolute Gasteiger partial charge is 0.467 e. The summed E-state index contributed by atoms with van der Waals surface area (Å²) in [6.07, 6.45) is 1.57. The number of ether oxygens (including phenoxy) is 1. The van der Waals surface area contributed by atoms with Crippen molar-refractivity contribution >= 4 is 17.4 Å². The number of nitrogens with zero attached hydrogens (tertiary/aromatic N) is 1. The van der Waals surface area contributed by atoms with Gasteiger partial charge in [0.15, 0.2) is 0 Å². The van der Waals surface area contributed by atoms with Crippen LogP contribution in [0.1, 0.15) is 27.4 Å². The highest BCUT2D eigenvalue weighted by Crippen LogP contribution is 2.17. The highest BCUT2D eigenvalue weighted by Gasteiger charge is 2.17. The summed E-state index contributed by atoms with van der Waals surface area (Å²) in [4.78, 5) is 17.4. The minimum absolute atomic E-state index is 0.265. The molecule has 2 aromatic heterocycles. The molecule has 2 amide bonds. The molecule has 6 nitrogen and oxygen atoms in total. The van der Waals surface area contributed by atoms with E-state index in [9.17, 15) is 4.79 Å². The lowest BCUT2D eigenvalue weighted by atomic mass is 10.2. The van der Waals surface area contributed by atoms with Crippen LogP contribution in [0.5, 0.6) is 0 Å². The van der Waals surface area contributed by atoms with E-state index in [2.05, 4.69) is 15.6 Å². The summed E-state index contributed by atoms with van der Waals surface area (Å²) in [5.41, 5.74) is 0.956. The second-order valence-electron chi connectivity index (χ2n) is 4.59. The number of urea groups is 1. The lowest BCUT2D eigenvalue weighted by molar-refractivity contribution is 0.157. The molecule has 0 bridgehead atoms. The van der Waals surface area contributed by atoms with E-state index in [1.807, 2.05) is 13.8 Å². The summed E-state index contributed by atoms with van der Waals surface area (Å²) in [7, 11) is 1.58. The lowest BCUT2D eigenvalue weighted by Gasteiger charge is -2.16. The summed E-state index contributed by atoms with van der Waals surface area (Å²) in [5, 5.41) is 6.66. The molecule has 114 valence electrons. The molecular weight excluding hydrogens is 290 g/mol. The van der Waals surface area contributed by atoms with Gasteiger partial charge in [-0.2, -0.15) is 0 Å².